The molecule has 118 valence electrons. The molecule has 1 saturated carbocycles. The van der Waals surface area contributed by atoms with Crippen molar-refractivity contribution in [3.8, 4) is 0 Å². The van der Waals surface area contributed by atoms with E-state index in [-0.39, 0.29) is 0 Å². The second-order valence-electron chi connectivity index (χ2n) is 6.60. The summed E-state index contributed by atoms with van der Waals surface area (Å²) in [4.78, 5) is 2.41. The molecule has 1 aromatic rings. The summed E-state index contributed by atoms with van der Waals surface area (Å²) in [6.07, 6.45) is 5.22. The lowest BCUT2D eigenvalue weighted by molar-refractivity contribution is 0.267. The first-order valence-corrected chi connectivity index (χ1v) is 8.65. The van der Waals surface area contributed by atoms with E-state index in [4.69, 9.17) is 11.6 Å². The average Bonchev–Trinajstić information content (AvgIpc) is 3.28. The number of hydrogen-bond acceptors (Lipinski definition) is 2. The molecule has 0 bridgehead atoms. The molecule has 0 amide bonds. The second kappa shape index (κ2) is 8.17. The molecular formula is C18H29ClN2. The molecule has 1 aliphatic carbocycles. The predicted molar refractivity (Wildman–Crippen MR) is 91.9 cm³/mol. The Morgan fingerprint density at radius 1 is 1.19 bits per heavy atom. The molecule has 1 atom stereocenters. The van der Waals surface area contributed by atoms with Crippen molar-refractivity contribution in [2.24, 2.45) is 5.92 Å². The molecule has 1 aliphatic rings. The monoisotopic (exact) mass is 308 g/mol. The third kappa shape index (κ3) is 5.61. The highest BCUT2D eigenvalue weighted by atomic mass is 35.5. The van der Waals surface area contributed by atoms with E-state index in [1.165, 1.54) is 37.8 Å². The van der Waals surface area contributed by atoms with Gasteiger partial charge in [0.25, 0.3) is 0 Å². The van der Waals surface area contributed by atoms with E-state index in [2.05, 4.69) is 43.2 Å². The fraction of sp³-hybridized carbons (Fsp3) is 0.667. The summed E-state index contributed by atoms with van der Waals surface area (Å²) in [7, 11) is 2.21. The summed E-state index contributed by atoms with van der Waals surface area (Å²) in [6.45, 7) is 6.80. The minimum Gasteiger partial charge on any atom is -0.310 e. The first-order chi connectivity index (χ1) is 10.1. The molecule has 1 aromatic carbocycles. The summed E-state index contributed by atoms with van der Waals surface area (Å²) in [5.41, 5.74) is 1.39. The van der Waals surface area contributed by atoms with E-state index < -0.39 is 0 Å². The van der Waals surface area contributed by atoms with Crippen molar-refractivity contribution >= 4 is 11.6 Å². The smallest absolute Gasteiger partial charge is 0.0406 e. The highest BCUT2D eigenvalue weighted by Crippen LogP contribution is 2.41. The normalized spacial score (nSPS) is 16.7. The first-order valence-electron chi connectivity index (χ1n) is 8.27. The number of rotatable bonds is 9. The van der Waals surface area contributed by atoms with Crippen LogP contribution in [0.25, 0.3) is 0 Å². The minimum absolute atomic E-state index is 0.519. The Labute approximate surface area is 134 Å². The number of hydrogen-bond donors (Lipinski definition) is 1. The lowest BCUT2D eigenvalue weighted by Crippen LogP contribution is -2.28. The van der Waals surface area contributed by atoms with Crippen LogP contribution in [0.5, 0.6) is 0 Å². The van der Waals surface area contributed by atoms with Crippen molar-refractivity contribution in [1.82, 2.24) is 10.2 Å². The molecule has 21 heavy (non-hydrogen) atoms. The molecule has 1 unspecified atom stereocenters. The van der Waals surface area contributed by atoms with E-state index in [1.54, 1.807) is 0 Å². The molecular weight excluding hydrogens is 280 g/mol. The zero-order valence-electron chi connectivity index (χ0n) is 13.6. The Hall–Kier alpha value is -0.570. The van der Waals surface area contributed by atoms with Crippen molar-refractivity contribution in [1.29, 1.82) is 0 Å². The van der Waals surface area contributed by atoms with Crippen LogP contribution >= 0.6 is 11.6 Å². The molecule has 0 heterocycles. The number of nitrogens with one attached hydrogen (secondary N) is 1. The third-order valence-corrected chi connectivity index (χ3v) is 4.76. The highest BCUT2D eigenvalue weighted by Gasteiger charge is 2.31. The Kier molecular flexibility index (Phi) is 6.53. The topological polar surface area (TPSA) is 15.3 Å². The van der Waals surface area contributed by atoms with Crippen LogP contribution in [0.15, 0.2) is 24.3 Å². The Morgan fingerprint density at radius 3 is 2.43 bits per heavy atom. The molecule has 2 rings (SSSR count). The van der Waals surface area contributed by atoms with Gasteiger partial charge < -0.3 is 10.2 Å². The van der Waals surface area contributed by atoms with E-state index in [0.29, 0.717) is 12.1 Å². The summed E-state index contributed by atoms with van der Waals surface area (Å²) >= 11 is 5.99. The van der Waals surface area contributed by atoms with Crippen molar-refractivity contribution in [3.63, 3.8) is 0 Å². The van der Waals surface area contributed by atoms with Crippen LogP contribution < -0.4 is 5.32 Å². The van der Waals surface area contributed by atoms with E-state index in [9.17, 15) is 0 Å². The fourth-order valence-electron chi connectivity index (χ4n) is 2.66. The summed E-state index contributed by atoms with van der Waals surface area (Å²) in [5.74, 6) is 0.824. The van der Waals surface area contributed by atoms with Crippen LogP contribution in [0.1, 0.15) is 51.1 Å². The molecule has 1 N–H and O–H groups in total. The maximum Gasteiger partial charge on any atom is 0.0406 e. The van der Waals surface area contributed by atoms with Gasteiger partial charge in [-0.25, -0.2) is 0 Å². The maximum atomic E-state index is 5.99. The first kappa shape index (κ1) is 16.8. The zero-order chi connectivity index (χ0) is 15.2. The highest BCUT2D eigenvalue weighted by molar-refractivity contribution is 6.30. The number of nitrogens with zero attached hydrogens (tertiary/aromatic N) is 1. The molecule has 1 fully saturated rings. The van der Waals surface area contributed by atoms with Gasteiger partial charge in [-0.2, -0.15) is 0 Å². The Balaban J connectivity index is 1.73. The summed E-state index contributed by atoms with van der Waals surface area (Å²) in [6, 6.07) is 9.52. The van der Waals surface area contributed by atoms with Gasteiger partial charge in [0.1, 0.15) is 0 Å². The average molecular weight is 309 g/mol. The van der Waals surface area contributed by atoms with E-state index in [0.717, 1.165) is 17.5 Å². The van der Waals surface area contributed by atoms with Crippen LogP contribution in [0.3, 0.4) is 0 Å². The van der Waals surface area contributed by atoms with Gasteiger partial charge in [0.05, 0.1) is 0 Å². The minimum atomic E-state index is 0.519. The number of benzene rings is 1. The molecule has 0 aliphatic heterocycles. The van der Waals surface area contributed by atoms with Crippen molar-refractivity contribution in [2.45, 2.75) is 51.6 Å². The van der Waals surface area contributed by atoms with E-state index >= 15 is 0 Å². The molecule has 0 spiro atoms. The van der Waals surface area contributed by atoms with Gasteiger partial charge in [0, 0.05) is 17.1 Å². The number of halogens is 1. The second-order valence-corrected chi connectivity index (χ2v) is 7.04. The van der Waals surface area contributed by atoms with Gasteiger partial charge in [0.15, 0.2) is 0 Å². The summed E-state index contributed by atoms with van der Waals surface area (Å²) < 4.78 is 0. The number of unbranched alkanes of at least 4 members (excludes halogenated alkanes) is 1. The van der Waals surface area contributed by atoms with Gasteiger partial charge in [-0.3, -0.25) is 0 Å². The molecule has 0 aromatic heterocycles. The lowest BCUT2D eigenvalue weighted by Gasteiger charge is -2.22. The third-order valence-electron chi connectivity index (χ3n) is 4.51. The molecule has 2 nitrogen and oxygen atoms in total. The SMILES string of the molecule is CC(C)N(C)CCCCNC(c1ccc(Cl)cc1)C1CC1. The zero-order valence-corrected chi connectivity index (χ0v) is 14.4. The Bertz CT molecular complexity index is 412. The van der Waals surface area contributed by atoms with Crippen LogP contribution in [-0.4, -0.2) is 31.1 Å². The largest absolute Gasteiger partial charge is 0.310 e. The molecule has 0 saturated heterocycles. The Morgan fingerprint density at radius 2 is 1.86 bits per heavy atom. The van der Waals surface area contributed by atoms with Crippen LogP contribution in [0.4, 0.5) is 0 Å². The van der Waals surface area contributed by atoms with Gasteiger partial charge in [-0.15, -0.1) is 0 Å². The van der Waals surface area contributed by atoms with Gasteiger partial charge in [0.2, 0.25) is 0 Å². The van der Waals surface area contributed by atoms with Crippen molar-refractivity contribution < 1.29 is 0 Å². The van der Waals surface area contributed by atoms with Crippen molar-refractivity contribution in [2.75, 3.05) is 20.1 Å². The predicted octanol–water partition coefficient (Wildman–Crippen LogP) is 4.50. The molecule has 0 radical (unpaired) electrons. The van der Waals surface area contributed by atoms with Gasteiger partial charge in [-0.1, -0.05) is 23.7 Å². The van der Waals surface area contributed by atoms with Crippen LogP contribution in [-0.2, 0) is 0 Å². The van der Waals surface area contributed by atoms with Gasteiger partial charge >= 0.3 is 0 Å². The molecule has 3 heteroatoms. The van der Waals surface area contributed by atoms with Crippen molar-refractivity contribution in [3.05, 3.63) is 34.9 Å². The van der Waals surface area contributed by atoms with Crippen LogP contribution in [0, 0.1) is 5.92 Å². The van der Waals surface area contributed by atoms with Gasteiger partial charge in [-0.05, 0) is 83.3 Å². The standard InChI is InChI=1S/C18H29ClN2/c1-14(2)21(3)13-5-4-12-20-18(15-6-7-15)16-8-10-17(19)11-9-16/h8-11,14-15,18,20H,4-7,12-13H2,1-3H3. The fourth-order valence-corrected chi connectivity index (χ4v) is 2.78. The van der Waals surface area contributed by atoms with Crippen LogP contribution in [0.2, 0.25) is 5.02 Å². The van der Waals surface area contributed by atoms with E-state index in [1.807, 2.05) is 12.1 Å². The maximum absolute atomic E-state index is 5.99. The quantitative estimate of drug-likeness (QED) is 0.676. The lowest BCUT2D eigenvalue weighted by atomic mass is 10.0. The summed E-state index contributed by atoms with van der Waals surface area (Å²) in [5, 5.41) is 4.58.